The second kappa shape index (κ2) is 6.00. The first-order chi connectivity index (χ1) is 3.41. The van der Waals surface area contributed by atoms with Crippen molar-refractivity contribution in [3.63, 3.8) is 0 Å². The number of hydrogen-bond acceptors (Lipinski definition) is 0. The van der Waals surface area contributed by atoms with Crippen LogP contribution in [0.5, 0.6) is 0 Å². The van der Waals surface area contributed by atoms with Crippen molar-refractivity contribution in [2.45, 2.75) is 10.6 Å². The van der Waals surface area contributed by atoms with Crippen LogP contribution in [0.25, 0.3) is 0 Å². The Morgan fingerprint density at radius 1 is 1.14 bits per heavy atom. The van der Waals surface area contributed by atoms with Crippen molar-refractivity contribution >= 4 is 0 Å². The molecule has 0 aliphatic rings. The zero-order chi connectivity index (χ0) is 5.54. The van der Waals surface area contributed by atoms with E-state index in [4.69, 9.17) is 0 Å². The molecule has 0 unspecified atom stereocenters. The van der Waals surface area contributed by atoms with E-state index in [1.54, 1.807) is 0 Å². The Bertz CT molecular complexity index is 49.2. The average Bonchev–Trinajstić information content (AvgIpc) is 1.69. The third-order valence-corrected chi connectivity index (χ3v) is 1.44. The van der Waals surface area contributed by atoms with Crippen LogP contribution in [-0.4, -0.2) is 0 Å². The van der Waals surface area contributed by atoms with E-state index in [2.05, 4.69) is 13.2 Å². The molecular formula is C6H10Cu. The molecule has 0 aromatic heterocycles. The van der Waals surface area contributed by atoms with Crippen molar-refractivity contribution in [2.75, 3.05) is 0 Å². The molecule has 45 valence electrons. The molecule has 0 aromatic carbocycles. The van der Waals surface area contributed by atoms with Crippen molar-refractivity contribution in [3.05, 3.63) is 25.3 Å². The SMILES string of the molecule is C=C[CH2][Cu][CH2]C=C. The molecule has 0 bridgehead atoms. The average molecular weight is 146 g/mol. The predicted molar refractivity (Wildman–Crippen MR) is 30.0 cm³/mol. The Balaban J connectivity index is 2.68. The maximum atomic E-state index is 3.57. The van der Waals surface area contributed by atoms with E-state index in [0.717, 1.165) is 10.6 Å². The first-order valence-electron chi connectivity index (χ1n) is 2.06. The second-order valence-corrected chi connectivity index (χ2v) is 2.21. The molecule has 7 heavy (non-hydrogen) atoms. The van der Waals surface area contributed by atoms with E-state index in [1.807, 2.05) is 27.1 Å². The Morgan fingerprint density at radius 3 is 1.86 bits per heavy atom. The molecule has 0 aliphatic carbocycles. The topological polar surface area (TPSA) is 0 Å². The Hall–Kier alpha value is -0.000519. The van der Waals surface area contributed by atoms with Gasteiger partial charge in [0.25, 0.3) is 0 Å². The van der Waals surface area contributed by atoms with Crippen LogP contribution >= 0.6 is 0 Å². The zero-order valence-corrected chi connectivity index (χ0v) is 5.23. The Labute approximate surface area is 51.5 Å². The molecule has 1 heteroatoms. The van der Waals surface area contributed by atoms with Gasteiger partial charge >= 0.3 is 50.9 Å². The van der Waals surface area contributed by atoms with Crippen molar-refractivity contribution in [1.29, 1.82) is 0 Å². The fraction of sp³-hybridized carbons (Fsp3) is 0.333. The van der Waals surface area contributed by atoms with Gasteiger partial charge in [0.2, 0.25) is 0 Å². The van der Waals surface area contributed by atoms with Gasteiger partial charge in [0.15, 0.2) is 0 Å². The normalized spacial score (nSPS) is 8.57. The van der Waals surface area contributed by atoms with E-state index in [9.17, 15) is 0 Å². The van der Waals surface area contributed by atoms with Gasteiger partial charge in [-0.1, -0.05) is 0 Å². The van der Waals surface area contributed by atoms with E-state index >= 15 is 0 Å². The van der Waals surface area contributed by atoms with Crippen LogP contribution in [0.15, 0.2) is 25.3 Å². The third-order valence-electron chi connectivity index (χ3n) is 0.348. The zero-order valence-electron chi connectivity index (χ0n) is 4.28. The Morgan fingerprint density at radius 2 is 1.57 bits per heavy atom. The van der Waals surface area contributed by atoms with E-state index < -0.39 is 0 Å². The monoisotopic (exact) mass is 145 g/mol. The van der Waals surface area contributed by atoms with Crippen LogP contribution in [-0.2, 0) is 15.0 Å². The molecule has 0 aromatic rings. The summed E-state index contributed by atoms with van der Waals surface area (Å²) in [4.78, 5) is 0. The van der Waals surface area contributed by atoms with Crippen molar-refractivity contribution < 1.29 is 15.0 Å². The van der Waals surface area contributed by atoms with E-state index in [0.29, 0.717) is 0 Å². The maximum absolute atomic E-state index is 3.57. The molecule has 0 heterocycles. The van der Waals surface area contributed by atoms with Gasteiger partial charge in [0.1, 0.15) is 0 Å². The number of hydrogen-bond donors (Lipinski definition) is 0. The summed E-state index contributed by atoms with van der Waals surface area (Å²) < 4.78 is 0. The van der Waals surface area contributed by atoms with Crippen molar-refractivity contribution in [1.82, 2.24) is 0 Å². The fourth-order valence-electron chi connectivity index (χ4n) is 0.173. The van der Waals surface area contributed by atoms with Crippen LogP contribution in [0.1, 0.15) is 0 Å². The van der Waals surface area contributed by atoms with Gasteiger partial charge in [0.05, 0.1) is 0 Å². The minimum atomic E-state index is 1.02. The van der Waals surface area contributed by atoms with Gasteiger partial charge in [-0.15, -0.1) is 0 Å². The summed E-state index contributed by atoms with van der Waals surface area (Å²) in [6.45, 7) is 7.15. The second-order valence-electron chi connectivity index (χ2n) is 0.974. The van der Waals surface area contributed by atoms with Gasteiger partial charge < -0.3 is 0 Å². The molecule has 0 amide bonds. The van der Waals surface area contributed by atoms with E-state index in [-0.39, 0.29) is 0 Å². The molecule has 0 radical (unpaired) electrons. The summed E-state index contributed by atoms with van der Waals surface area (Å²) in [7, 11) is 0. The first-order valence-corrected chi connectivity index (χ1v) is 3.39. The summed E-state index contributed by atoms with van der Waals surface area (Å²) >= 11 is 1.89. The van der Waals surface area contributed by atoms with Gasteiger partial charge in [0, 0.05) is 0 Å². The summed E-state index contributed by atoms with van der Waals surface area (Å²) in [5, 5.41) is 2.05. The van der Waals surface area contributed by atoms with Gasteiger partial charge in [-0.05, 0) is 0 Å². The fourth-order valence-corrected chi connectivity index (χ4v) is 0.715. The molecule has 0 rings (SSSR count). The standard InChI is InChI=1S/2C3H5.Cu/c2*1-3-2;/h2*3H,1-2H2;. The molecule has 0 saturated carbocycles. The van der Waals surface area contributed by atoms with E-state index in [1.165, 1.54) is 0 Å². The molecule has 0 aliphatic heterocycles. The quantitative estimate of drug-likeness (QED) is 0.324. The van der Waals surface area contributed by atoms with Crippen LogP contribution in [0, 0.1) is 0 Å². The van der Waals surface area contributed by atoms with Crippen LogP contribution in [0.4, 0.5) is 0 Å². The van der Waals surface area contributed by atoms with Gasteiger partial charge in [-0.2, -0.15) is 0 Å². The molecule has 0 saturated heterocycles. The summed E-state index contributed by atoms with van der Waals surface area (Å²) in [6.07, 6.45) is 3.78. The summed E-state index contributed by atoms with van der Waals surface area (Å²) in [6, 6.07) is 0. The number of allylic oxidation sites excluding steroid dienone is 2. The Kier molecular flexibility index (Phi) is 6.00. The summed E-state index contributed by atoms with van der Waals surface area (Å²) in [5.41, 5.74) is 0. The first kappa shape index (κ1) is 7.00. The van der Waals surface area contributed by atoms with Crippen molar-refractivity contribution in [2.24, 2.45) is 0 Å². The molecule has 0 spiro atoms. The molecule has 0 fully saturated rings. The minimum absolute atomic E-state index is 1.02. The van der Waals surface area contributed by atoms with Crippen LogP contribution < -0.4 is 0 Å². The predicted octanol–water partition coefficient (Wildman–Crippen LogP) is 2.28. The van der Waals surface area contributed by atoms with Gasteiger partial charge in [-0.25, -0.2) is 0 Å². The van der Waals surface area contributed by atoms with Crippen LogP contribution in [0.2, 0.25) is 10.6 Å². The third kappa shape index (κ3) is 6.00. The number of rotatable bonds is 4. The van der Waals surface area contributed by atoms with Crippen LogP contribution in [0.3, 0.4) is 0 Å². The summed E-state index contributed by atoms with van der Waals surface area (Å²) in [5.74, 6) is 0. The van der Waals surface area contributed by atoms with Gasteiger partial charge in [-0.3, -0.25) is 0 Å². The molecule has 0 nitrogen and oxygen atoms in total. The van der Waals surface area contributed by atoms with Crippen molar-refractivity contribution in [3.8, 4) is 0 Å². The molecule has 0 atom stereocenters. The molecule has 0 N–H and O–H groups in total. The molecular weight excluding hydrogens is 136 g/mol.